The number of imidazole rings is 1. The molecule has 2 aromatic heterocycles. The molecule has 25 heavy (non-hydrogen) atoms. The number of nitrogens with zero attached hydrogens (tertiary/aromatic N) is 4. The molecule has 5 heteroatoms. The van der Waals surface area contributed by atoms with E-state index in [0.29, 0.717) is 5.92 Å². The standard InChI is InChI=1S/C20H20N4O/c1-2-15(11-21-7-1)14-3-4-18-17(10-14)22-19-24(18)13-20(25-19)12-23-8-5-16(20)6-9-23/h1-4,7,10-11,16H,5-6,8-9,12-13H2/t20-/m1/s1. The van der Waals surface area contributed by atoms with Gasteiger partial charge in [-0.15, -0.1) is 0 Å². The molecule has 4 aliphatic rings. The van der Waals surface area contributed by atoms with E-state index in [1.165, 1.54) is 31.4 Å². The third-order valence-electron chi connectivity index (χ3n) is 6.25. The van der Waals surface area contributed by atoms with E-state index in [2.05, 4.69) is 38.7 Å². The molecule has 3 saturated heterocycles. The summed E-state index contributed by atoms with van der Waals surface area (Å²) in [7, 11) is 0. The second-order valence-corrected chi connectivity index (χ2v) is 7.64. The molecule has 5 nitrogen and oxygen atoms in total. The van der Waals surface area contributed by atoms with E-state index in [1.807, 2.05) is 12.3 Å². The fraction of sp³-hybridized carbons (Fsp3) is 0.400. The first kappa shape index (κ1) is 13.8. The van der Waals surface area contributed by atoms with E-state index in [1.54, 1.807) is 6.20 Å². The molecule has 0 amide bonds. The Kier molecular flexibility index (Phi) is 2.67. The predicted octanol–water partition coefficient (Wildman–Crippen LogP) is 2.96. The average molecular weight is 332 g/mol. The molecule has 1 aromatic carbocycles. The Balaban J connectivity index is 1.40. The largest absolute Gasteiger partial charge is 0.454 e. The Bertz CT molecular complexity index is 958. The lowest BCUT2D eigenvalue weighted by molar-refractivity contribution is -0.0831. The molecule has 2 bridgehead atoms. The Morgan fingerprint density at radius 3 is 2.76 bits per heavy atom. The van der Waals surface area contributed by atoms with E-state index in [-0.39, 0.29) is 5.60 Å². The summed E-state index contributed by atoms with van der Waals surface area (Å²) in [4.78, 5) is 11.6. The molecule has 4 aliphatic heterocycles. The third-order valence-corrected chi connectivity index (χ3v) is 6.25. The van der Waals surface area contributed by atoms with Crippen molar-refractivity contribution in [3.05, 3.63) is 42.7 Å². The molecular formula is C20H20N4O. The summed E-state index contributed by atoms with van der Waals surface area (Å²) in [5.41, 5.74) is 4.40. The highest BCUT2D eigenvalue weighted by Crippen LogP contribution is 2.45. The summed E-state index contributed by atoms with van der Waals surface area (Å²) in [6.45, 7) is 4.45. The van der Waals surface area contributed by atoms with Crippen LogP contribution in [-0.4, -0.2) is 44.7 Å². The minimum Gasteiger partial charge on any atom is -0.454 e. The maximum atomic E-state index is 6.50. The van der Waals surface area contributed by atoms with Crippen LogP contribution in [0.2, 0.25) is 0 Å². The van der Waals surface area contributed by atoms with Crippen molar-refractivity contribution >= 4 is 11.0 Å². The number of hydrogen-bond donors (Lipinski definition) is 0. The Hall–Kier alpha value is -2.40. The van der Waals surface area contributed by atoms with E-state index >= 15 is 0 Å². The van der Waals surface area contributed by atoms with Crippen molar-refractivity contribution in [2.24, 2.45) is 5.92 Å². The average Bonchev–Trinajstić information content (AvgIpc) is 3.16. The van der Waals surface area contributed by atoms with Crippen molar-refractivity contribution in [2.75, 3.05) is 19.6 Å². The number of hydrogen-bond acceptors (Lipinski definition) is 4. The molecule has 7 rings (SSSR count). The van der Waals surface area contributed by atoms with Gasteiger partial charge in [0.2, 0.25) is 0 Å². The lowest BCUT2D eigenvalue weighted by atomic mass is 9.75. The van der Waals surface area contributed by atoms with Crippen LogP contribution in [0.4, 0.5) is 0 Å². The van der Waals surface area contributed by atoms with E-state index in [9.17, 15) is 0 Å². The van der Waals surface area contributed by atoms with Crippen LogP contribution in [0.25, 0.3) is 22.2 Å². The zero-order chi connectivity index (χ0) is 16.4. The van der Waals surface area contributed by atoms with Crippen LogP contribution in [0.15, 0.2) is 42.7 Å². The molecule has 3 aromatic rings. The van der Waals surface area contributed by atoms with Gasteiger partial charge in [0.05, 0.1) is 17.6 Å². The lowest BCUT2D eigenvalue weighted by Gasteiger charge is -2.50. The van der Waals surface area contributed by atoms with Crippen molar-refractivity contribution in [3.8, 4) is 17.1 Å². The van der Waals surface area contributed by atoms with Gasteiger partial charge in [-0.2, -0.15) is 4.98 Å². The van der Waals surface area contributed by atoms with Gasteiger partial charge in [-0.1, -0.05) is 12.1 Å². The highest BCUT2D eigenvalue weighted by atomic mass is 16.5. The van der Waals surface area contributed by atoms with E-state index < -0.39 is 0 Å². The topological polar surface area (TPSA) is 43.2 Å². The molecule has 1 atom stereocenters. The maximum absolute atomic E-state index is 6.50. The van der Waals surface area contributed by atoms with Gasteiger partial charge in [0.15, 0.2) is 0 Å². The van der Waals surface area contributed by atoms with Crippen LogP contribution in [0.5, 0.6) is 6.01 Å². The molecule has 0 unspecified atom stereocenters. The third kappa shape index (κ3) is 1.93. The highest BCUT2D eigenvalue weighted by molar-refractivity contribution is 5.83. The number of fused-ring (bicyclic) bond motifs is 5. The van der Waals surface area contributed by atoms with Gasteiger partial charge in [-0.25, -0.2) is 0 Å². The molecule has 0 saturated carbocycles. The number of piperidine rings is 3. The van der Waals surface area contributed by atoms with Crippen LogP contribution in [0.1, 0.15) is 12.8 Å². The van der Waals surface area contributed by atoms with Gasteiger partial charge in [0.25, 0.3) is 6.01 Å². The minimum absolute atomic E-state index is 0.0466. The highest BCUT2D eigenvalue weighted by Gasteiger charge is 2.53. The van der Waals surface area contributed by atoms with Gasteiger partial charge in [0, 0.05) is 30.4 Å². The zero-order valence-corrected chi connectivity index (χ0v) is 14.1. The minimum atomic E-state index is -0.0466. The van der Waals surface area contributed by atoms with Crippen molar-refractivity contribution in [1.29, 1.82) is 0 Å². The predicted molar refractivity (Wildman–Crippen MR) is 95.5 cm³/mol. The molecule has 3 fully saturated rings. The summed E-state index contributed by atoms with van der Waals surface area (Å²) in [6, 6.07) is 11.3. The summed E-state index contributed by atoms with van der Waals surface area (Å²) in [5.74, 6) is 0.670. The zero-order valence-electron chi connectivity index (χ0n) is 14.1. The molecular weight excluding hydrogens is 312 g/mol. The van der Waals surface area contributed by atoms with Crippen LogP contribution in [-0.2, 0) is 6.54 Å². The fourth-order valence-electron chi connectivity index (χ4n) is 4.95. The first-order valence-corrected chi connectivity index (χ1v) is 9.13. The van der Waals surface area contributed by atoms with Crippen LogP contribution < -0.4 is 4.74 Å². The summed E-state index contributed by atoms with van der Waals surface area (Å²) < 4.78 is 8.78. The van der Waals surface area contributed by atoms with Crippen LogP contribution in [0, 0.1) is 5.92 Å². The SMILES string of the molecule is c1cncc(-c2ccc3c(c2)nc2n3C[C@@]3(CN4CCC3CC4)O2)c1. The van der Waals surface area contributed by atoms with E-state index in [4.69, 9.17) is 9.72 Å². The van der Waals surface area contributed by atoms with Gasteiger partial charge in [-0.05, 0) is 49.7 Å². The van der Waals surface area contributed by atoms with Gasteiger partial charge >= 0.3 is 0 Å². The summed E-state index contributed by atoms with van der Waals surface area (Å²) in [6.07, 6.45) is 6.21. The maximum Gasteiger partial charge on any atom is 0.298 e. The molecule has 126 valence electrons. The second kappa shape index (κ2) is 4.82. The van der Waals surface area contributed by atoms with Gasteiger partial charge in [-0.3, -0.25) is 14.5 Å². The Morgan fingerprint density at radius 2 is 2.00 bits per heavy atom. The summed E-state index contributed by atoms with van der Waals surface area (Å²) in [5, 5.41) is 0. The van der Waals surface area contributed by atoms with Crippen molar-refractivity contribution < 1.29 is 4.74 Å². The quantitative estimate of drug-likeness (QED) is 0.687. The second-order valence-electron chi connectivity index (χ2n) is 7.64. The number of benzene rings is 1. The number of rotatable bonds is 1. The first-order valence-electron chi connectivity index (χ1n) is 9.13. The van der Waals surface area contributed by atoms with Crippen molar-refractivity contribution in [3.63, 3.8) is 0 Å². The lowest BCUT2D eigenvalue weighted by Crippen LogP contribution is -2.61. The number of aromatic nitrogens is 3. The molecule has 0 aliphatic carbocycles. The van der Waals surface area contributed by atoms with Gasteiger partial charge < -0.3 is 4.74 Å². The van der Waals surface area contributed by atoms with Crippen LogP contribution >= 0.6 is 0 Å². The Labute approximate surface area is 146 Å². The smallest absolute Gasteiger partial charge is 0.298 e. The monoisotopic (exact) mass is 332 g/mol. The molecule has 1 spiro atoms. The van der Waals surface area contributed by atoms with Crippen molar-refractivity contribution in [1.82, 2.24) is 19.4 Å². The molecule has 0 radical (unpaired) electrons. The van der Waals surface area contributed by atoms with E-state index in [0.717, 1.165) is 35.7 Å². The summed E-state index contributed by atoms with van der Waals surface area (Å²) >= 11 is 0. The van der Waals surface area contributed by atoms with Gasteiger partial charge in [0.1, 0.15) is 5.60 Å². The van der Waals surface area contributed by atoms with Crippen molar-refractivity contribution in [2.45, 2.75) is 25.0 Å². The Morgan fingerprint density at radius 1 is 1.08 bits per heavy atom. The fourth-order valence-corrected chi connectivity index (χ4v) is 4.95. The number of pyridine rings is 1. The number of ether oxygens (including phenoxy) is 1. The molecule has 0 N–H and O–H groups in total. The first-order chi connectivity index (χ1) is 12.3. The van der Waals surface area contributed by atoms with Crippen LogP contribution in [0.3, 0.4) is 0 Å². The normalized spacial score (nSPS) is 29.9. The molecule has 6 heterocycles.